The molecule has 3 aromatic heterocycles. The maximum Gasteiger partial charge on any atom is 0.166 e. The first-order valence-electron chi connectivity index (χ1n) is 16.4. The number of hydrogen-bond acceptors (Lipinski definition) is 4. The van der Waals surface area contributed by atoms with Crippen LogP contribution >= 0.6 is 0 Å². The fraction of sp³-hybridized carbons (Fsp3) is 0. The number of fused-ring (bicyclic) bond motifs is 8. The second-order valence-electron chi connectivity index (χ2n) is 12.3. The van der Waals surface area contributed by atoms with Gasteiger partial charge in [0.25, 0.3) is 0 Å². The smallest absolute Gasteiger partial charge is 0.166 e. The summed E-state index contributed by atoms with van der Waals surface area (Å²) in [6, 6.07) is 54.9. The highest BCUT2D eigenvalue weighted by Crippen LogP contribution is 2.40. The van der Waals surface area contributed by atoms with E-state index < -0.39 is 0 Å². The van der Waals surface area contributed by atoms with Gasteiger partial charge in [-0.25, -0.2) is 15.0 Å². The molecule has 0 aliphatic heterocycles. The molecule has 7 aromatic carbocycles. The summed E-state index contributed by atoms with van der Waals surface area (Å²) in [6.07, 6.45) is 1.85. The van der Waals surface area contributed by atoms with Crippen LogP contribution in [0.15, 0.2) is 164 Å². The van der Waals surface area contributed by atoms with Crippen molar-refractivity contribution in [2.45, 2.75) is 0 Å². The second-order valence-corrected chi connectivity index (χ2v) is 12.3. The lowest BCUT2D eigenvalue weighted by Gasteiger charge is -2.13. The minimum atomic E-state index is 0.589. The summed E-state index contributed by atoms with van der Waals surface area (Å²) in [5.74, 6) is 1.82. The van der Waals surface area contributed by atoms with Crippen LogP contribution in [0.5, 0.6) is 0 Å². The zero-order chi connectivity index (χ0) is 32.3. The zero-order valence-corrected chi connectivity index (χ0v) is 26.3. The maximum atomic E-state index is 5.30. The fourth-order valence-corrected chi connectivity index (χ4v) is 7.30. The number of hydrogen-bond donors (Lipinski definition) is 0. The van der Waals surface area contributed by atoms with Crippen molar-refractivity contribution in [2.24, 2.45) is 0 Å². The number of para-hydroxylation sites is 2. The third-order valence-corrected chi connectivity index (χ3v) is 9.47. The highest BCUT2D eigenvalue weighted by Gasteiger charge is 2.21. The molecule has 0 aliphatic carbocycles. The van der Waals surface area contributed by atoms with Crippen LogP contribution in [-0.2, 0) is 0 Å². The minimum Gasteiger partial charge on any atom is -0.309 e. The molecule has 0 spiro atoms. The normalized spacial score (nSPS) is 11.7. The molecule has 0 bridgehead atoms. The lowest BCUT2D eigenvalue weighted by molar-refractivity contribution is 1.08. The molecule has 0 saturated heterocycles. The highest BCUT2D eigenvalue weighted by atomic mass is 15.0. The summed E-state index contributed by atoms with van der Waals surface area (Å²) in [5, 5.41) is 7.98. The van der Waals surface area contributed by atoms with Gasteiger partial charge >= 0.3 is 0 Å². The molecule has 0 aliphatic rings. The molecule has 228 valence electrons. The number of benzene rings is 7. The van der Waals surface area contributed by atoms with Crippen molar-refractivity contribution in [1.29, 1.82) is 0 Å². The van der Waals surface area contributed by atoms with Gasteiger partial charge in [-0.05, 0) is 57.9 Å². The monoisotopic (exact) mass is 625 g/mol. The van der Waals surface area contributed by atoms with E-state index in [2.05, 4.69) is 138 Å². The predicted octanol–water partition coefficient (Wildman–Crippen LogP) is 10.8. The summed E-state index contributed by atoms with van der Waals surface area (Å²) in [5.41, 5.74) is 6.94. The standard InChI is InChI=1S/C44H27N5/c1-3-14-29(15-4-1)42-46-43(35-20-11-23-39-40(35)34-19-9-10-22-38(34)49(39)30-16-5-2-6-17-30)48-44(47-42)37-27-36-31-18-8-7-13-28(31)24-25-32(36)33-21-12-26-45-41(33)37/h1-27H. The molecular weight excluding hydrogens is 599 g/mol. The van der Waals surface area contributed by atoms with Crippen molar-refractivity contribution >= 4 is 54.3 Å². The van der Waals surface area contributed by atoms with Crippen LogP contribution in [0, 0.1) is 0 Å². The van der Waals surface area contributed by atoms with Crippen LogP contribution in [0.2, 0.25) is 0 Å². The zero-order valence-electron chi connectivity index (χ0n) is 26.3. The van der Waals surface area contributed by atoms with Crippen molar-refractivity contribution in [3.63, 3.8) is 0 Å². The van der Waals surface area contributed by atoms with Gasteiger partial charge in [0.2, 0.25) is 0 Å². The van der Waals surface area contributed by atoms with Crippen molar-refractivity contribution in [3.05, 3.63) is 164 Å². The average molecular weight is 626 g/mol. The molecule has 0 atom stereocenters. The average Bonchev–Trinajstić information content (AvgIpc) is 3.52. The molecule has 0 saturated carbocycles. The lowest BCUT2D eigenvalue weighted by atomic mass is 9.95. The molecule has 0 unspecified atom stereocenters. The Balaban J connectivity index is 1.31. The minimum absolute atomic E-state index is 0.589. The topological polar surface area (TPSA) is 56.5 Å². The van der Waals surface area contributed by atoms with E-state index in [0.29, 0.717) is 17.5 Å². The SMILES string of the molecule is c1ccc(-c2nc(-c3cc4c5ccccc5ccc4c4cccnc34)nc(-c3cccc4c3c3ccccc3n4-c3ccccc3)n2)cc1. The van der Waals surface area contributed by atoms with E-state index in [9.17, 15) is 0 Å². The molecule has 3 heterocycles. The van der Waals surface area contributed by atoms with E-state index in [0.717, 1.165) is 65.9 Å². The van der Waals surface area contributed by atoms with E-state index in [4.69, 9.17) is 19.9 Å². The van der Waals surface area contributed by atoms with Crippen molar-refractivity contribution in [2.75, 3.05) is 0 Å². The molecule has 0 amide bonds. The number of nitrogens with zero attached hydrogens (tertiary/aromatic N) is 5. The van der Waals surface area contributed by atoms with Crippen molar-refractivity contribution < 1.29 is 0 Å². The van der Waals surface area contributed by atoms with Gasteiger partial charge in [0.15, 0.2) is 17.5 Å². The van der Waals surface area contributed by atoms with Crippen LogP contribution < -0.4 is 0 Å². The van der Waals surface area contributed by atoms with Gasteiger partial charge in [0.05, 0.1) is 16.6 Å². The van der Waals surface area contributed by atoms with Gasteiger partial charge in [-0.15, -0.1) is 0 Å². The number of pyridine rings is 1. The summed E-state index contributed by atoms with van der Waals surface area (Å²) in [6.45, 7) is 0. The van der Waals surface area contributed by atoms with E-state index in [-0.39, 0.29) is 0 Å². The number of aromatic nitrogens is 5. The van der Waals surface area contributed by atoms with Gasteiger partial charge < -0.3 is 4.57 Å². The van der Waals surface area contributed by atoms with Crippen LogP contribution in [0.1, 0.15) is 0 Å². The Hall–Kier alpha value is -6.72. The molecule has 10 rings (SSSR count). The fourth-order valence-electron chi connectivity index (χ4n) is 7.30. The first kappa shape index (κ1) is 27.4. The molecule has 0 N–H and O–H groups in total. The second kappa shape index (κ2) is 10.9. The Morgan fingerprint density at radius 3 is 1.94 bits per heavy atom. The molecular formula is C44H27N5. The van der Waals surface area contributed by atoms with Gasteiger partial charge in [0, 0.05) is 44.7 Å². The van der Waals surface area contributed by atoms with E-state index >= 15 is 0 Å². The summed E-state index contributed by atoms with van der Waals surface area (Å²) < 4.78 is 2.32. The highest BCUT2D eigenvalue weighted by molar-refractivity contribution is 6.20. The van der Waals surface area contributed by atoms with E-state index in [1.54, 1.807) is 0 Å². The number of rotatable bonds is 4. The first-order chi connectivity index (χ1) is 24.3. The largest absolute Gasteiger partial charge is 0.309 e. The summed E-state index contributed by atoms with van der Waals surface area (Å²) >= 11 is 0. The van der Waals surface area contributed by atoms with Crippen LogP contribution in [0.4, 0.5) is 0 Å². The Labute approximate surface area is 281 Å². The van der Waals surface area contributed by atoms with Gasteiger partial charge in [-0.3, -0.25) is 4.98 Å². The van der Waals surface area contributed by atoms with Gasteiger partial charge in [-0.1, -0.05) is 121 Å². The van der Waals surface area contributed by atoms with Crippen LogP contribution in [0.25, 0.3) is 94.1 Å². The van der Waals surface area contributed by atoms with Crippen LogP contribution in [0.3, 0.4) is 0 Å². The van der Waals surface area contributed by atoms with Crippen LogP contribution in [-0.4, -0.2) is 24.5 Å². The molecule has 10 aromatic rings. The third-order valence-electron chi connectivity index (χ3n) is 9.47. The maximum absolute atomic E-state index is 5.30. The van der Waals surface area contributed by atoms with Crippen molar-refractivity contribution in [1.82, 2.24) is 24.5 Å². The Morgan fingerprint density at radius 2 is 1.08 bits per heavy atom. The third kappa shape index (κ3) is 4.33. The van der Waals surface area contributed by atoms with E-state index in [1.165, 1.54) is 10.8 Å². The Bertz CT molecular complexity index is 2880. The van der Waals surface area contributed by atoms with E-state index in [1.807, 2.05) is 30.5 Å². The lowest BCUT2D eigenvalue weighted by Crippen LogP contribution is -2.01. The molecule has 49 heavy (non-hydrogen) atoms. The summed E-state index contributed by atoms with van der Waals surface area (Å²) in [7, 11) is 0. The molecule has 5 heteroatoms. The molecule has 5 nitrogen and oxygen atoms in total. The van der Waals surface area contributed by atoms with Gasteiger partial charge in [0.1, 0.15) is 0 Å². The summed E-state index contributed by atoms with van der Waals surface area (Å²) in [4.78, 5) is 20.6. The predicted molar refractivity (Wildman–Crippen MR) is 201 cm³/mol. The molecule has 0 fully saturated rings. The van der Waals surface area contributed by atoms with Gasteiger partial charge in [-0.2, -0.15) is 0 Å². The Morgan fingerprint density at radius 1 is 0.408 bits per heavy atom. The first-order valence-corrected chi connectivity index (χ1v) is 16.4. The Kier molecular flexibility index (Phi) is 6.11. The molecule has 0 radical (unpaired) electrons. The van der Waals surface area contributed by atoms with Crippen molar-refractivity contribution in [3.8, 4) is 39.9 Å². The quantitative estimate of drug-likeness (QED) is 0.183.